The van der Waals surface area contributed by atoms with Crippen LogP contribution in [0.5, 0.6) is 5.75 Å². The zero-order valence-electron chi connectivity index (χ0n) is 12.5. The molecule has 0 spiro atoms. The number of phenolic OH excluding ortho intramolecular Hbond substituents is 1. The van der Waals surface area contributed by atoms with Crippen molar-refractivity contribution < 1.29 is 31.8 Å². The van der Waals surface area contributed by atoms with Gasteiger partial charge in [-0.2, -0.15) is 5.10 Å². The van der Waals surface area contributed by atoms with Crippen molar-refractivity contribution in [1.82, 2.24) is 5.43 Å². The van der Waals surface area contributed by atoms with Gasteiger partial charge in [-0.25, -0.2) is 14.2 Å². The van der Waals surface area contributed by atoms with Crippen molar-refractivity contribution in [2.75, 3.05) is 0 Å². The summed E-state index contributed by atoms with van der Waals surface area (Å²) in [5, 5.41) is 13.8. The molecule has 0 aliphatic carbocycles. The topological polar surface area (TPSA) is 61.7 Å². The number of aromatic hydroxyl groups is 1. The number of halogens is 5. The minimum absolute atomic E-state index is 0.0539. The molecule has 139 valence electrons. The van der Waals surface area contributed by atoms with Gasteiger partial charge >= 0.3 is 33.3 Å². The molecule has 2 aromatic rings. The average Bonchev–Trinajstić information content (AvgIpc) is 2.57. The van der Waals surface area contributed by atoms with Crippen LogP contribution in [0.15, 0.2) is 41.5 Å². The number of hydrazone groups is 1. The van der Waals surface area contributed by atoms with E-state index in [9.17, 15) is 18.7 Å². The Labute approximate surface area is 162 Å². The van der Waals surface area contributed by atoms with Crippen molar-refractivity contribution in [2.24, 2.45) is 5.10 Å². The Hall–Kier alpha value is -1.37. The standard InChI is InChI=1S/C15H11ClF2N2O2.2ClH.Cu/c1-8(12-6-11(17)7-13(18)14(12)21)19-20-15(22)9-2-4-10(16)5-3-9;;;/h2-7,21H,1H3,(H,20,22);2*1H;/q;;;+2/p-2/b19-8+;;;. The summed E-state index contributed by atoms with van der Waals surface area (Å²) in [6.45, 7) is 1.40. The molecule has 0 unspecified atom stereocenters. The van der Waals surface area contributed by atoms with E-state index in [0.717, 1.165) is 19.2 Å². The third kappa shape index (κ3) is 6.80. The Kier molecular flexibility index (Phi) is 9.17. The number of carbonyl (C=O) groups excluding carboxylic acids is 1. The predicted molar refractivity (Wildman–Crippen MR) is 90.9 cm³/mol. The molecule has 10 heteroatoms. The van der Waals surface area contributed by atoms with Crippen LogP contribution in [0.4, 0.5) is 8.78 Å². The van der Waals surface area contributed by atoms with Crippen LogP contribution in [0.3, 0.4) is 0 Å². The van der Waals surface area contributed by atoms with Crippen LogP contribution in [-0.4, -0.2) is 16.7 Å². The van der Waals surface area contributed by atoms with Crippen LogP contribution in [0.2, 0.25) is 5.02 Å². The normalized spacial score (nSPS) is 10.9. The zero-order chi connectivity index (χ0) is 19.0. The number of benzene rings is 2. The molecule has 0 radical (unpaired) electrons. The van der Waals surface area contributed by atoms with Gasteiger partial charge in [-0.05, 0) is 37.3 Å². The van der Waals surface area contributed by atoms with E-state index in [4.69, 9.17) is 11.6 Å². The number of carbonyl (C=O) groups is 1. The predicted octanol–water partition coefficient (Wildman–Crippen LogP) is 4.85. The van der Waals surface area contributed by atoms with Crippen LogP contribution in [-0.2, 0) is 13.1 Å². The number of hydrogen-bond donors (Lipinski definition) is 2. The van der Waals surface area contributed by atoms with E-state index < -0.39 is 23.3 Å². The first kappa shape index (κ1) is 21.7. The molecule has 1 amide bonds. The molecule has 0 saturated carbocycles. The number of nitrogens with one attached hydrogen (secondary N) is 1. The molecular formula is C15H11Cl3CuF2N2O2. The SMILES string of the molecule is C/C(=N\NC(=O)c1ccc(Cl)cc1)c1cc(F)cc(F)c1O.[Cl][Cu][Cl]. The molecule has 2 aromatic carbocycles. The van der Waals surface area contributed by atoms with Gasteiger partial charge in [-0.1, -0.05) is 11.6 Å². The van der Waals surface area contributed by atoms with E-state index in [1.807, 2.05) is 0 Å². The van der Waals surface area contributed by atoms with Gasteiger partial charge in [0.2, 0.25) is 0 Å². The summed E-state index contributed by atoms with van der Waals surface area (Å²) >= 11 is 6.47. The maximum atomic E-state index is 13.3. The molecule has 0 aliphatic heterocycles. The fourth-order valence-electron chi connectivity index (χ4n) is 1.70. The molecule has 0 fully saturated rings. The van der Waals surface area contributed by atoms with Crippen LogP contribution < -0.4 is 5.43 Å². The summed E-state index contributed by atoms with van der Waals surface area (Å²) in [6, 6.07) is 7.56. The quantitative estimate of drug-likeness (QED) is 0.392. The fraction of sp³-hybridized carbons (Fsp3) is 0.0667. The van der Waals surface area contributed by atoms with Gasteiger partial charge in [-0.15, -0.1) is 0 Å². The Morgan fingerprint density at radius 1 is 1.20 bits per heavy atom. The minimum atomic E-state index is -1.10. The van der Waals surface area contributed by atoms with Crippen LogP contribution in [0.1, 0.15) is 22.8 Å². The van der Waals surface area contributed by atoms with Crippen molar-refractivity contribution >= 4 is 43.4 Å². The van der Waals surface area contributed by atoms with Gasteiger partial charge in [0.05, 0.1) is 5.71 Å². The average molecular weight is 459 g/mol. The Morgan fingerprint density at radius 3 is 2.32 bits per heavy atom. The first-order valence-electron chi connectivity index (χ1n) is 6.40. The number of phenols is 1. The second-order valence-electron chi connectivity index (χ2n) is 4.47. The van der Waals surface area contributed by atoms with Crippen molar-refractivity contribution in [3.05, 3.63) is 64.2 Å². The summed E-state index contributed by atoms with van der Waals surface area (Å²) in [6.07, 6.45) is 0. The van der Waals surface area contributed by atoms with E-state index in [-0.39, 0.29) is 11.3 Å². The first-order valence-corrected chi connectivity index (χ1v) is 9.37. The third-order valence-electron chi connectivity index (χ3n) is 2.85. The van der Waals surface area contributed by atoms with Gasteiger partial charge in [0, 0.05) is 22.2 Å². The number of hydrogen-bond acceptors (Lipinski definition) is 3. The molecule has 4 nitrogen and oxygen atoms in total. The van der Waals surface area contributed by atoms with Crippen molar-refractivity contribution in [3.8, 4) is 5.75 Å². The molecule has 2 rings (SSSR count). The van der Waals surface area contributed by atoms with Gasteiger partial charge in [-0.3, -0.25) is 4.79 Å². The molecule has 0 atom stereocenters. The molecule has 0 saturated heterocycles. The molecular weight excluding hydrogens is 448 g/mol. The van der Waals surface area contributed by atoms with Crippen LogP contribution in [0, 0.1) is 11.6 Å². The summed E-state index contributed by atoms with van der Waals surface area (Å²) < 4.78 is 26.4. The van der Waals surface area contributed by atoms with Crippen LogP contribution in [0.25, 0.3) is 0 Å². The maximum absolute atomic E-state index is 13.3. The molecule has 0 aliphatic rings. The molecule has 0 aromatic heterocycles. The molecule has 0 bridgehead atoms. The zero-order valence-corrected chi connectivity index (χ0v) is 15.7. The second kappa shape index (κ2) is 10.6. The van der Waals surface area contributed by atoms with E-state index in [2.05, 4.69) is 30.7 Å². The summed E-state index contributed by atoms with van der Waals surface area (Å²) in [5.41, 5.74) is 2.46. The number of nitrogens with zero attached hydrogens (tertiary/aromatic N) is 1. The third-order valence-corrected chi connectivity index (χ3v) is 3.10. The van der Waals surface area contributed by atoms with Gasteiger partial charge in [0.1, 0.15) is 5.82 Å². The Morgan fingerprint density at radius 2 is 1.76 bits per heavy atom. The summed E-state index contributed by atoms with van der Waals surface area (Å²) in [4.78, 5) is 11.8. The van der Waals surface area contributed by atoms with Gasteiger partial charge < -0.3 is 5.11 Å². The molecule has 25 heavy (non-hydrogen) atoms. The first-order chi connectivity index (χ1) is 11.8. The van der Waals surface area contributed by atoms with E-state index in [1.165, 1.54) is 19.1 Å². The van der Waals surface area contributed by atoms with Gasteiger partial charge in [0.25, 0.3) is 5.91 Å². The number of amides is 1. The summed E-state index contributed by atoms with van der Waals surface area (Å²) in [7, 11) is 9.34. The second-order valence-corrected chi connectivity index (χ2v) is 6.46. The monoisotopic (exact) mass is 457 g/mol. The van der Waals surface area contributed by atoms with E-state index in [1.54, 1.807) is 12.1 Å². The fourth-order valence-corrected chi connectivity index (χ4v) is 1.83. The Balaban J connectivity index is 0.000000970. The van der Waals surface area contributed by atoms with E-state index >= 15 is 0 Å². The van der Waals surface area contributed by atoms with Crippen molar-refractivity contribution in [3.63, 3.8) is 0 Å². The number of rotatable bonds is 3. The Bertz CT molecular complexity index is 774. The molecule has 2 N–H and O–H groups in total. The van der Waals surface area contributed by atoms with Gasteiger partial charge in [0.15, 0.2) is 11.6 Å². The van der Waals surface area contributed by atoms with Crippen molar-refractivity contribution in [1.29, 1.82) is 0 Å². The summed E-state index contributed by atoms with van der Waals surface area (Å²) in [5.74, 6) is -3.21. The van der Waals surface area contributed by atoms with E-state index in [0.29, 0.717) is 16.7 Å². The molecule has 0 heterocycles. The van der Waals surface area contributed by atoms with Crippen LogP contribution >= 0.6 is 31.8 Å². The van der Waals surface area contributed by atoms with Crippen molar-refractivity contribution in [2.45, 2.75) is 6.92 Å².